The second-order valence-corrected chi connectivity index (χ2v) is 6.85. The van der Waals surface area contributed by atoms with Crippen LogP contribution in [0.25, 0.3) is 11.6 Å². The normalized spacial score (nSPS) is 17.4. The molecule has 0 saturated heterocycles. The van der Waals surface area contributed by atoms with Crippen molar-refractivity contribution in [2.45, 2.75) is 45.4 Å². The van der Waals surface area contributed by atoms with E-state index in [1.54, 1.807) is 11.1 Å². The van der Waals surface area contributed by atoms with Crippen LogP contribution < -0.4 is 0 Å². The molecule has 2 aromatic carbocycles. The van der Waals surface area contributed by atoms with Crippen molar-refractivity contribution in [3.63, 3.8) is 0 Å². The number of fused-ring (bicyclic) bond motifs is 1. The molecule has 0 spiro atoms. The molecule has 1 aliphatic carbocycles. The van der Waals surface area contributed by atoms with Crippen LogP contribution in [0.15, 0.2) is 48.5 Å². The van der Waals surface area contributed by atoms with E-state index in [-0.39, 0.29) is 0 Å². The van der Waals surface area contributed by atoms with Crippen molar-refractivity contribution < 1.29 is 0 Å². The summed E-state index contributed by atoms with van der Waals surface area (Å²) in [7, 11) is 0. The zero-order chi connectivity index (χ0) is 14.9. The van der Waals surface area contributed by atoms with E-state index in [1.165, 1.54) is 36.0 Å². The Morgan fingerprint density at radius 2 is 1.81 bits per heavy atom. The van der Waals surface area contributed by atoms with Crippen LogP contribution >= 0.6 is 0 Å². The fourth-order valence-corrected chi connectivity index (χ4v) is 3.46. The predicted molar refractivity (Wildman–Crippen MR) is 92.4 cm³/mol. The number of hydrogen-bond acceptors (Lipinski definition) is 0. The van der Waals surface area contributed by atoms with Gasteiger partial charge in [0.2, 0.25) is 0 Å². The van der Waals surface area contributed by atoms with Crippen LogP contribution in [-0.2, 0) is 11.8 Å². The third kappa shape index (κ3) is 2.95. The summed E-state index contributed by atoms with van der Waals surface area (Å²) in [6, 6.07) is 17.6. The Kier molecular flexibility index (Phi) is 3.71. The van der Waals surface area contributed by atoms with Crippen molar-refractivity contribution in [1.29, 1.82) is 0 Å². The Balaban J connectivity index is 1.95. The van der Waals surface area contributed by atoms with E-state index >= 15 is 0 Å². The number of benzene rings is 2. The average Bonchev–Trinajstić information content (AvgIpc) is 2.47. The molecule has 0 saturated carbocycles. The first kappa shape index (κ1) is 14.1. The summed E-state index contributed by atoms with van der Waals surface area (Å²) in [5.41, 5.74) is 7.38. The van der Waals surface area contributed by atoms with Gasteiger partial charge >= 0.3 is 0 Å². The smallest absolute Gasteiger partial charge is 0.0101 e. The number of aryl methyl sites for hydroxylation is 1. The maximum Gasteiger partial charge on any atom is -0.0101 e. The summed E-state index contributed by atoms with van der Waals surface area (Å²) in [5.74, 6) is 0. The third-order valence-corrected chi connectivity index (χ3v) is 4.72. The van der Waals surface area contributed by atoms with Gasteiger partial charge in [0.05, 0.1) is 0 Å². The Morgan fingerprint density at radius 3 is 2.57 bits per heavy atom. The van der Waals surface area contributed by atoms with Crippen LogP contribution in [0.2, 0.25) is 0 Å². The highest BCUT2D eigenvalue weighted by Gasteiger charge is 2.26. The molecule has 21 heavy (non-hydrogen) atoms. The Hall–Kier alpha value is -1.82. The predicted octanol–water partition coefficient (Wildman–Crippen LogP) is 5.86. The van der Waals surface area contributed by atoms with Gasteiger partial charge in [-0.25, -0.2) is 0 Å². The van der Waals surface area contributed by atoms with Gasteiger partial charge in [0, 0.05) is 0 Å². The maximum absolute atomic E-state index is 2.39. The molecule has 3 rings (SSSR count). The summed E-state index contributed by atoms with van der Waals surface area (Å²) in [4.78, 5) is 0. The molecule has 0 aromatic heterocycles. The second-order valence-electron chi connectivity index (χ2n) is 6.85. The van der Waals surface area contributed by atoms with Crippen LogP contribution in [0.4, 0.5) is 0 Å². The lowest BCUT2D eigenvalue weighted by Crippen LogP contribution is -2.23. The summed E-state index contributed by atoms with van der Waals surface area (Å²) >= 11 is 0. The molecule has 0 heterocycles. The van der Waals surface area contributed by atoms with Crippen LogP contribution in [-0.4, -0.2) is 0 Å². The molecule has 108 valence electrons. The van der Waals surface area contributed by atoms with Crippen LogP contribution in [0.3, 0.4) is 0 Å². The first-order valence-electron chi connectivity index (χ1n) is 7.93. The van der Waals surface area contributed by atoms with E-state index in [0.29, 0.717) is 5.41 Å². The molecular formula is C21H24. The SMILES string of the molecule is CC(=Cc1ccc2c(c1)CCCC2(C)C)c1ccccc1. The summed E-state index contributed by atoms with van der Waals surface area (Å²) in [6.07, 6.45) is 6.14. The summed E-state index contributed by atoms with van der Waals surface area (Å²) in [6.45, 7) is 6.93. The van der Waals surface area contributed by atoms with E-state index in [4.69, 9.17) is 0 Å². The lowest BCUT2D eigenvalue weighted by atomic mass is 9.72. The number of hydrogen-bond donors (Lipinski definition) is 0. The fourth-order valence-electron chi connectivity index (χ4n) is 3.46. The molecular weight excluding hydrogens is 252 g/mol. The lowest BCUT2D eigenvalue weighted by molar-refractivity contribution is 0.432. The molecule has 0 radical (unpaired) electrons. The van der Waals surface area contributed by atoms with Gasteiger partial charge in [-0.05, 0) is 59.4 Å². The second kappa shape index (κ2) is 5.52. The van der Waals surface area contributed by atoms with Crippen LogP contribution in [0.5, 0.6) is 0 Å². The first-order chi connectivity index (χ1) is 10.1. The zero-order valence-corrected chi connectivity index (χ0v) is 13.3. The minimum absolute atomic E-state index is 0.338. The molecule has 2 aromatic rings. The Morgan fingerprint density at radius 1 is 1.05 bits per heavy atom. The standard InChI is InChI=1S/C21H24/c1-16(18-8-5-4-6-9-18)14-17-11-12-20-19(15-17)10-7-13-21(20,2)3/h4-6,8-9,11-12,14-15H,7,10,13H2,1-3H3. The van der Waals surface area contributed by atoms with Crippen molar-refractivity contribution in [1.82, 2.24) is 0 Å². The van der Waals surface area contributed by atoms with E-state index in [2.05, 4.69) is 75.4 Å². The van der Waals surface area contributed by atoms with Gasteiger partial charge in [0.1, 0.15) is 0 Å². The van der Waals surface area contributed by atoms with Crippen LogP contribution in [0.1, 0.15) is 55.9 Å². The maximum atomic E-state index is 2.39. The monoisotopic (exact) mass is 276 g/mol. The quantitative estimate of drug-likeness (QED) is 0.602. The van der Waals surface area contributed by atoms with Gasteiger partial charge in [0.15, 0.2) is 0 Å². The van der Waals surface area contributed by atoms with E-state index in [9.17, 15) is 0 Å². The number of allylic oxidation sites excluding steroid dienone is 1. The molecule has 0 fully saturated rings. The Labute approximate surface area is 128 Å². The minimum Gasteiger partial charge on any atom is -0.0622 e. The molecule has 0 atom stereocenters. The highest BCUT2D eigenvalue weighted by atomic mass is 14.3. The molecule has 0 amide bonds. The fraction of sp³-hybridized carbons (Fsp3) is 0.333. The van der Waals surface area contributed by atoms with Crippen molar-refractivity contribution >= 4 is 11.6 Å². The average molecular weight is 276 g/mol. The van der Waals surface area contributed by atoms with E-state index in [0.717, 1.165) is 0 Å². The highest BCUT2D eigenvalue weighted by molar-refractivity contribution is 5.80. The summed E-state index contributed by atoms with van der Waals surface area (Å²) in [5, 5.41) is 0. The highest BCUT2D eigenvalue weighted by Crippen LogP contribution is 2.37. The van der Waals surface area contributed by atoms with Gasteiger partial charge in [-0.3, -0.25) is 0 Å². The topological polar surface area (TPSA) is 0 Å². The van der Waals surface area contributed by atoms with Crippen molar-refractivity contribution in [2.24, 2.45) is 0 Å². The van der Waals surface area contributed by atoms with Gasteiger partial charge in [-0.2, -0.15) is 0 Å². The molecule has 1 aliphatic rings. The summed E-state index contributed by atoms with van der Waals surface area (Å²) < 4.78 is 0. The van der Waals surface area contributed by atoms with Gasteiger partial charge in [-0.1, -0.05) is 68.5 Å². The molecule has 0 heteroatoms. The third-order valence-electron chi connectivity index (χ3n) is 4.72. The first-order valence-corrected chi connectivity index (χ1v) is 7.93. The molecule has 0 aliphatic heterocycles. The molecule has 0 bridgehead atoms. The largest absolute Gasteiger partial charge is 0.0622 e. The van der Waals surface area contributed by atoms with E-state index in [1.807, 2.05) is 0 Å². The lowest BCUT2D eigenvalue weighted by Gasteiger charge is -2.32. The van der Waals surface area contributed by atoms with Gasteiger partial charge in [0.25, 0.3) is 0 Å². The van der Waals surface area contributed by atoms with Gasteiger partial charge < -0.3 is 0 Å². The Bertz CT molecular complexity index is 660. The van der Waals surface area contributed by atoms with Crippen molar-refractivity contribution in [3.05, 3.63) is 70.8 Å². The van der Waals surface area contributed by atoms with Crippen molar-refractivity contribution in [2.75, 3.05) is 0 Å². The van der Waals surface area contributed by atoms with Crippen molar-refractivity contribution in [3.8, 4) is 0 Å². The molecule has 0 N–H and O–H groups in total. The molecule has 0 nitrogen and oxygen atoms in total. The molecule has 0 unspecified atom stereocenters. The van der Waals surface area contributed by atoms with E-state index < -0.39 is 0 Å². The number of rotatable bonds is 2. The minimum atomic E-state index is 0.338. The van der Waals surface area contributed by atoms with Gasteiger partial charge in [-0.15, -0.1) is 0 Å². The van der Waals surface area contributed by atoms with Crippen LogP contribution in [0, 0.1) is 0 Å². The zero-order valence-electron chi connectivity index (χ0n) is 13.3.